The Morgan fingerprint density at radius 1 is 0.893 bits per heavy atom. The van der Waals surface area contributed by atoms with E-state index in [0.717, 1.165) is 0 Å². The summed E-state index contributed by atoms with van der Waals surface area (Å²) in [5, 5.41) is 0.185. The Morgan fingerprint density at radius 3 is 1.71 bits per heavy atom. The smallest absolute Gasteiger partial charge is 0.333 e. The molecule has 0 aliphatic heterocycles. The van der Waals surface area contributed by atoms with Gasteiger partial charge in [-0.25, -0.2) is 4.79 Å². The minimum Gasteiger partial charge on any atom is -0.500 e. The van der Waals surface area contributed by atoms with Crippen molar-refractivity contribution in [3.05, 3.63) is 11.8 Å². The summed E-state index contributed by atoms with van der Waals surface area (Å²) in [6, 6.07) is 0. The lowest BCUT2D eigenvalue weighted by molar-refractivity contribution is -0.135. The van der Waals surface area contributed by atoms with Crippen LogP contribution in [0.15, 0.2) is 11.8 Å². The fourth-order valence-electron chi connectivity index (χ4n) is 2.08. The van der Waals surface area contributed by atoms with Gasteiger partial charge in [0.1, 0.15) is 5.76 Å². The van der Waals surface area contributed by atoms with Gasteiger partial charge in [-0.2, -0.15) is 0 Å². The van der Waals surface area contributed by atoms with Crippen molar-refractivity contribution >= 4 is 22.6 Å². The van der Waals surface area contributed by atoms with Gasteiger partial charge < -0.3 is 18.3 Å². The van der Waals surface area contributed by atoms with Crippen LogP contribution in [0.4, 0.5) is 0 Å². The van der Waals surface area contributed by atoms with Crippen LogP contribution in [0.3, 0.4) is 0 Å². The number of esters is 1. The van der Waals surface area contributed by atoms with Crippen LogP contribution >= 0.6 is 0 Å². The zero-order valence-corrected chi connectivity index (χ0v) is 22.5. The Kier molecular flexibility index (Phi) is 9.69. The second kappa shape index (κ2) is 9.91. The van der Waals surface area contributed by atoms with E-state index in [0.29, 0.717) is 12.4 Å². The van der Waals surface area contributed by atoms with Gasteiger partial charge in [-0.15, -0.1) is 0 Å². The maximum atomic E-state index is 11.8. The maximum Gasteiger partial charge on any atom is 0.333 e. The highest BCUT2D eigenvalue weighted by Crippen LogP contribution is 2.40. The highest BCUT2D eigenvalue weighted by atomic mass is 28.4. The van der Waals surface area contributed by atoms with Gasteiger partial charge in [-0.3, -0.25) is 0 Å². The predicted molar refractivity (Wildman–Crippen MR) is 121 cm³/mol. The predicted octanol–water partition coefficient (Wildman–Crippen LogP) is 5.74. The van der Waals surface area contributed by atoms with Crippen molar-refractivity contribution in [1.82, 2.24) is 0 Å². The van der Waals surface area contributed by atoms with Crippen LogP contribution in [0.5, 0.6) is 0 Å². The molecule has 0 aliphatic carbocycles. The number of hydrogen-bond acceptors (Lipinski definition) is 5. The molecule has 0 bridgehead atoms. The van der Waals surface area contributed by atoms with E-state index in [1.165, 1.54) is 13.2 Å². The molecule has 0 saturated heterocycles. The molecule has 0 fully saturated rings. The highest BCUT2D eigenvalue weighted by Gasteiger charge is 2.43. The average Bonchev–Trinajstić information content (AvgIpc) is 2.53. The summed E-state index contributed by atoms with van der Waals surface area (Å²) in [6.45, 7) is 24.8. The summed E-state index contributed by atoms with van der Waals surface area (Å²) in [7, 11) is -1.04. The van der Waals surface area contributed by atoms with Crippen LogP contribution in [-0.4, -0.2) is 49.5 Å². The summed E-state index contributed by atoms with van der Waals surface area (Å²) >= 11 is 0. The first kappa shape index (κ1) is 27.4. The van der Waals surface area contributed by atoms with E-state index in [1.54, 1.807) is 7.11 Å². The fourth-order valence-corrected chi connectivity index (χ4v) is 4.47. The van der Waals surface area contributed by atoms with Crippen LogP contribution < -0.4 is 0 Å². The zero-order valence-electron chi connectivity index (χ0n) is 20.5. The average molecular weight is 433 g/mol. The van der Waals surface area contributed by atoms with Crippen molar-refractivity contribution in [2.45, 2.75) is 90.8 Å². The van der Waals surface area contributed by atoms with Crippen LogP contribution in [0.1, 0.15) is 48.5 Å². The van der Waals surface area contributed by atoms with E-state index in [9.17, 15) is 4.79 Å². The first-order chi connectivity index (χ1) is 12.4. The Hall–Kier alpha value is -0.636. The maximum absolute atomic E-state index is 11.8. The van der Waals surface area contributed by atoms with Gasteiger partial charge in [-0.1, -0.05) is 48.5 Å². The number of carbonyl (C=O) groups excluding carboxylic acids is 1. The minimum absolute atomic E-state index is 0.0707. The van der Waals surface area contributed by atoms with E-state index in [2.05, 4.69) is 67.7 Å². The second-order valence-electron chi connectivity index (χ2n) is 10.6. The van der Waals surface area contributed by atoms with Gasteiger partial charge in [0, 0.05) is 5.92 Å². The zero-order chi connectivity index (χ0) is 22.6. The minimum atomic E-state index is -2.04. The van der Waals surface area contributed by atoms with Crippen LogP contribution in [0.25, 0.3) is 0 Å². The number of ether oxygens (including phenoxy) is 2. The Labute approximate surface area is 175 Å². The molecule has 0 radical (unpaired) electrons. The Morgan fingerprint density at radius 2 is 1.36 bits per heavy atom. The van der Waals surface area contributed by atoms with Crippen molar-refractivity contribution in [3.8, 4) is 0 Å². The third-order valence-corrected chi connectivity index (χ3v) is 15.4. The first-order valence-corrected chi connectivity index (χ1v) is 15.9. The molecule has 0 saturated carbocycles. The SMILES string of the molecule is COC(=O)/C=C(\OC)[C@H](C)[C@H](CO[Si](C)(C)C(C)(C)C)O[Si](C)(C)C(C)(C)C. The van der Waals surface area contributed by atoms with Gasteiger partial charge in [0.15, 0.2) is 16.6 Å². The molecule has 0 amide bonds. The molecule has 0 aliphatic rings. The summed E-state index contributed by atoms with van der Waals surface area (Å²) in [5.41, 5.74) is 0. The lowest BCUT2D eigenvalue weighted by Gasteiger charge is -2.43. The normalized spacial score (nSPS) is 16.5. The van der Waals surface area contributed by atoms with Gasteiger partial charge in [0.05, 0.1) is 33.0 Å². The second-order valence-corrected chi connectivity index (χ2v) is 20.1. The lowest BCUT2D eigenvalue weighted by Crippen LogP contribution is -2.49. The Balaban J connectivity index is 5.79. The molecule has 0 N–H and O–H groups in total. The van der Waals surface area contributed by atoms with Crippen LogP contribution in [0, 0.1) is 5.92 Å². The number of carbonyl (C=O) groups is 1. The van der Waals surface area contributed by atoms with E-state index < -0.39 is 22.6 Å². The topological polar surface area (TPSA) is 54.0 Å². The molecule has 0 aromatic rings. The molecular formula is C21H44O5Si2. The lowest BCUT2D eigenvalue weighted by atomic mass is 10.0. The van der Waals surface area contributed by atoms with Crippen LogP contribution in [0.2, 0.25) is 36.3 Å². The number of hydrogen-bond donors (Lipinski definition) is 0. The standard InChI is InChI=1S/C21H44O5Si2/c1-16(17(23-8)14-19(22)24-9)18(26-28(12,13)21(5,6)7)15-25-27(10,11)20(2,3)4/h14,16,18H,15H2,1-13H3/b17-14-/t16-,18-/m0/s1. The molecule has 0 aromatic carbocycles. The van der Waals surface area contributed by atoms with Crippen molar-refractivity contribution in [2.75, 3.05) is 20.8 Å². The van der Waals surface area contributed by atoms with Gasteiger partial charge in [0.2, 0.25) is 0 Å². The van der Waals surface area contributed by atoms with E-state index in [-0.39, 0.29) is 22.1 Å². The molecule has 0 spiro atoms. The van der Waals surface area contributed by atoms with Crippen molar-refractivity contribution in [3.63, 3.8) is 0 Å². The first-order valence-electron chi connectivity index (χ1n) is 10.0. The molecule has 166 valence electrons. The number of rotatable bonds is 9. The van der Waals surface area contributed by atoms with Gasteiger partial charge in [0.25, 0.3) is 0 Å². The molecule has 0 heterocycles. The van der Waals surface area contributed by atoms with Gasteiger partial charge >= 0.3 is 5.97 Å². The molecule has 2 atom stereocenters. The molecule has 0 rings (SSSR count). The van der Waals surface area contributed by atoms with Crippen LogP contribution in [-0.2, 0) is 23.1 Å². The molecule has 0 aromatic heterocycles. The Bertz CT molecular complexity index is 542. The third-order valence-electron chi connectivity index (χ3n) is 6.37. The number of methoxy groups -OCH3 is 2. The quantitative estimate of drug-likeness (QED) is 0.201. The largest absolute Gasteiger partial charge is 0.500 e. The van der Waals surface area contributed by atoms with E-state index in [1.807, 2.05) is 6.92 Å². The molecular weight excluding hydrogens is 388 g/mol. The van der Waals surface area contributed by atoms with Crippen molar-refractivity contribution < 1.29 is 23.1 Å². The molecule has 5 nitrogen and oxygen atoms in total. The van der Waals surface area contributed by atoms with E-state index >= 15 is 0 Å². The third kappa shape index (κ3) is 7.65. The summed E-state index contributed by atoms with van der Waals surface area (Å²) < 4.78 is 23.5. The summed E-state index contributed by atoms with van der Waals surface area (Å²) in [6.07, 6.45) is 1.20. The summed E-state index contributed by atoms with van der Waals surface area (Å²) in [4.78, 5) is 11.8. The fraction of sp³-hybridized carbons (Fsp3) is 0.857. The van der Waals surface area contributed by atoms with Crippen molar-refractivity contribution in [2.24, 2.45) is 5.92 Å². The van der Waals surface area contributed by atoms with Crippen molar-refractivity contribution in [1.29, 1.82) is 0 Å². The monoisotopic (exact) mass is 432 g/mol. The van der Waals surface area contributed by atoms with E-state index in [4.69, 9.17) is 18.3 Å². The van der Waals surface area contributed by atoms with Gasteiger partial charge in [-0.05, 0) is 36.3 Å². The molecule has 28 heavy (non-hydrogen) atoms. The molecule has 7 heteroatoms. The highest BCUT2D eigenvalue weighted by molar-refractivity contribution is 6.74. The molecule has 0 unspecified atom stereocenters. The summed E-state index contributed by atoms with van der Waals surface area (Å²) in [5.74, 6) is -0.0162.